The van der Waals surface area contributed by atoms with Crippen LogP contribution < -0.4 is 0 Å². The smallest absolute Gasteiger partial charge is 0.336 e. The Morgan fingerprint density at radius 3 is 1.95 bits per heavy atom. The van der Waals surface area contributed by atoms with Gasteiger partial charge in [0.2, 0.25) is 0 Å². The first-order valence-corrected chi connectivity index (χ1v) is 5.92. The number of aromatic carboxylic acids is 1. The van der Waals surface area contributed by atoms with Crippen LogP contribution in [-0.4, -0.2) is 16.8 Å². The van der Waals surface area contributed by atoms with Gasteiger partial charge in [-0.15, -0.1) is 0 Å². The lowest BCUT2D eigenvalue weighted by atomic mass is 10.00. The van der Waals surface area contributed by atoms with Gasteiger partial charge >= 0.3 is 5.97 Å². The molecule has 0 amide bonds. The highest BCUT2D eigenvalue weighted by Crippen LogP contribution is 2.22. The fourth-order valence-electron chi connectivity index (χ4n) is 1.54. The van der Waals surface area contributed by atoms with Crippen LogP contribution in [0.5, 0.6) is 0 Å². The molecule has 0 heterocycles. The summed E-state index contributed by atoms with van der Waals surface area (Å²) >= 11 is 0. The van der Waals surface area contributed by atoms with Gasteiger partial charge in [0.1, 0.15) is 0 Å². The number of hydrogen-bond acceptors (Lipinski definition) is 2. The Morgan fingerprint density at radius 2 is 1.42 bits per heavy atom. The molecule has 0 aromatic heterocycles. The molecule has 0 radical (unpaired) electrons. The molecule has 2 aromatic rings. The summed E-state index contributed by atoms with van der Waals surface area (Å²) in [5.41, 5.74) is 2.69. The highest BCUT2D eigenvalue weighted by atomic mass is 16.4. The van der Waals surface area contributed by atoms with Crippen LogP contribution in [0.15, 0.2) is 54.6 Å². The number of nitrogens with one attached hydrogen (secondary N) is 1. The van der Waals surface area contributed by atoms with Crippen molar-refractivity contribution in [2.24, 2.45) is 0 Å². The van der Waals surface area contributed by atoms with Crippen molar-refractivity contribution in [2.45, 2.75) is 13.8 Å². The zero-order valence-electron chi connectivity index (χ0n) is 11.1. The van der Waals surface area contributed by atoms with Gasteiger partial charge in [0.25, 0.3) is 0 Å². The second kappa shape index (κ2) is 7.11. The monoisotopic (exact) mass is 255 g/mol. The van der Waals surface area contributed by atoms with E-state index in [-0.39, 0.29) is 0 Å². The molecule has 0 fully saturated rings. The van der Waals surface area contributed by atoms with Crippen molar-refractivity contribution >= 4 is 11.7 Å². The van der Waals surface area contributed by atoms with E-state index < -0.39 is 5.97 Å². The lowest BCUT2D eigenvalue weighted by molar-refractivity contribution is 0.0697. The summed E-state index contributed by atoms with van der Waals surface area (Å²) in [5.74, 6) is -0.894. The van der Waals surface area contributed by atoms with E-state index in [2.05, 4.69) is 0 Å². The quantitative estimate of drug-likeness (QED) is 0.794. The molecule has 0 spiro atoms. The average Bonchev–Trinajstić information content (AvgIpc) is 2.39. The average molecular weight is 255 g/mol. The molecule has 3 nitrogen and oxygen atoms in total. The molecular formula is C16H17NO2. The molecule has 0 unspecified atom stereocenters. The maximum absolute atomic E-state index is 11.0. The third-order valence-electron chi connectivity index (χ3n) is 2.24. The minimum atomic E-state index is -0.894. The number of benzene rings is 2. The van der Waals surface area contributed by atoms with Gasteiger partial charge in [0.15, 0.2) is 0 Å². The van der Waals surface area contributed by atoms with E-state index >= 15 is 0 Å². The van der Waals surface area contributed by atoms with Gasteiger partial charge in [-0.3, -0.25) is 0 Å². The number of carbonyl (C=O) groups is 1. The Labute approximate surface area is 113 Å². The van der Waals surface area contributed by atoms with Crippen molar-refractivity contribution in [2.75, 3.05) is 0 Å². The lowest BCUT2D eigenvalue weighted by Crippen LogP contribution is -1.98. The maximum atomic E-state index is 11.0. The van der Waals surface area contributed by atoms with Crippen LogP contribution in [0.3, 0.4) is 0 Å². The standard InChI is InChI=1S/C13H10O2.C3H7N/c14-13(15)12-9-5-4-8-11(12)10-6-2-1-3-7-10;1-3(2)4/h1-9H,(H,14,15);4H,1-2H3. The van der Waals surface area contributed by atoms with Crippen molar-refractivity contribution in [1.29, 1.82) is 5.41 Å². The second-order valence-corrected chi connectivity index (χ2v) is 4.22. The molecule has 0 saturated carbocycles. The van der Waals surface area contributed by atoms with Crippen molar-refractivity contribution in [1.82, 2.24) is 0 Å². The Kier molecular flexibility index (Phi) is 5.48. The van der Waals surface area contributed by atoms with Crippen molar-refractivity contribution in [3.05, 3.63) is 60.2 Å². The van der Waals surface area contributed by atoms with Gasteiger partial charge in [0.05, 0.1) is 5.56 Å². The topological polar surface area (TPSA) is 61.2 Å². The second-order valence-electron chi connectivity index (χ2n) is 4.22. The zero-order chi connectivity index (χ0) is 14.3. The third kappa shape index (κ3) is 4.76. The molecule has 0 aliphatic heterocycles. The fourth-order valence-corrected chi connectivity index (χ4v) is 1.54. The van der Waals surface area contributed by atoms with E-state index in [1.165, 1.54) is 0 Å². The first-order valence-electron chi connectivity index (χ1n) is 5.92. The van der Waals surface area contributed by atoms with E-state index in [0.717, 1.165) is 11.1 Å². The summed E-state index contributed by atoms with van der Waals surface area (Å²) in [6, 6.07) is 16.5. The molecular weight excluding hydrogens is 238 g/mol. The molecule has 2 N–H and O–H groups in total. The first-order chi connectivity index (χ1) is 9.02. The minimum absolute atomic E-state index is 0.337. The summed E-state index contributed by atoms with van der Waals surface area (Å²) in [7, 11) is 0. The van der Waals surface area contributed by atoms with Gasteiger partial charge in [-0.2, -0.15) is 0 Å². The highest BCUT2D eigenvalue weighted by molar-refractivity contribution is 5.95. The van der Waals surface area contributed by atoms with Crippen LogP contribution in [0.1, 0.15) is 24.2 Å². The molecule has 0 bridgehead atoms. The lowest BCUT2D eigenvalue weighted by Gasteiger charge is -2.05. The molecule has 2 aromatic carbocycles. The first kappa shape index (κ1) is 14.6. The SMILES string of the molecule is CC(C)=N.O=C(O)c1ccccc1-c1ccccc1. The van der Waals surface area contributed by atoms with E-state index in [1.807, 2.05) is 42.5 Å². The zero-order valence-corrected chi connectivity index (χ0v) is 11.1. The van der Waals surface area contributed by atoms with Crippen LogP contribution >= 0.6 is 0 Å². The normalized spacial score (nSPS) is 9.16. The van der Waals surface area contributed by atoms with E-state index in [9.17, 15) is 4.79 Å². The molecule has 0 aliphatic carbocycles. The Balaban J connectivity index is 0.000000399. The van der Waals surface area contributed by atoms with Crippen molar-refractivity contribution in [3.8, 4) is 11.1 Å². The number of carboxylic acid groups (broad SMARTS) is 1. The fraction of sp³-hybridized carbons (Fsp3) is 0.125. The Hall–Kier alpha value is -2.42. The van der Waals surface area contributed by atoms with Crippen LogP contribution in [0.4, 0.5) is 0 Å². The molecule has 0 aliphatic rings. The Bertz CT molecular complexity index is 558. The minimum Gasteiger partial charge on any atom is -0.478 e. The molecule has 0 atom stereocenters. The summed E-state index contributed by atoms with van der Waals surface area (Å²) in [4.78, 5) is 11.0. The Morgan fingerprint density at radius 1 is 0.947 bits per heavy atom. The van der Waals surface area contributed by atoms with E-state index in [1.54, 1.807) is 26.0 Å². The van der Waals surface area contributed by atoms with Gasteiger partial charge in [0, 0.05) is 5.71 Å². The maximum Gasteiger partial charge on any atom is 0.336 e. The van der Waals surface area contributed by atoms with Gasteiger partial charge in [-0.1, -0.05) is 48.5 Å². The molecule has 98 valence electrons. The summed E-state index contributed by atoms with van der Waals surface area (Å²) < 4.78 is 0. The van der Waals surface area contributed by atoms with E-state index in [4.69, 9.17) is 10.5 Å². The molecule has 2 rings (SSSR count). The largest absolute Gasteiger partial charge is 0.478 e. The predicted molar refractivity (Wildman–Crippen MR) is 77.9 cm³/mol. The highest BCUT2D eigenvalue weighted by Gasteiger charge is 2.09. The van der Waals surface area contributed by atoms with Crippen LogP contribution in [-0.2, 0) is 0 Å². The third-order valence-corrected chi connectivity index (χ3v) is 2.24. The van der Waals surface area contributed by atoms with Crippen LogP contribution in [0.2, 0.25) is 0 Å². The number of carboxylic acids is 1. The van der Waals surface area contributed by atoms with Gasteiger partial charge in [-0.05, 0) is 31.0 Å². The van der Waals surface area contributed by atoms with Crippen LogP contribution in [0.25, 0.3) is 11.1 Å². The number of rotatable bonds is 2. The van der Waals surface area contributed by atoms with Crippen molar-refractivity contribution < 1.29 is 9.90 Å². The van der Waals surface area contributed by atoms with E-state index in [0.29, 0.717) is 11.3 Å². The van der Waals surface area contributed by atoms with Crippen molar-refractivity contribution in [3.63, 3.8) is 0 Å². The summed E-state index contributed by atoms with van der Waals surface area (Å²) in [5, 5.41) is 15.5. The van der Waals surface area contributed by atoms with Crippen LogP contribution in [0, 0.1) is 5.41 Å². The number of hydrogen-bond donors (Lipinski definition) is 2. The van der Waals surface area contributed by atoms with Gasteiger partial charge < -0.3 is 10.5 Å². The molecule has 0 saturated heterocycles. The molecule has 3 heteroatoms. The molecule has 19 heavy (non-hydrogen) atoms. The summed E-state index contributed by atoms with van der Waals surface area (Å²) in [6.45, 7) is 3.50. The predicted octanol–water partition coefficient (Wildman–Crippen LogP) is 4.10. The summed E-state index contributed by atoms with van der Waals surface area (Å²) in [6.07, 6.45) is 0. The van der Waals surface area contributed by atoms with Gasteiger partial charge in [-0.25, -0.2) is 4.79 Å².